The van der Waals surface area contributed by atoms with Crippen LogP contribution in [0.2, 0.25) is 5.02 Å². The maximum absolute atomic E-state index is 12.8. The normalized spacial score (nSPS) is 11.5. The number of fused-ring (bicyclic) bond motifs is 1. The second-order valence-corrected chi connectivity index (χ2v) is 8.88. The molecule has 8 nitrogen and oxygen atoms in total. The lowest BCUT2D eigenvalue weighted by molar-refractivity contribution is 0.0950. The first kappa shape index (κ1) is 20.0. The number of nitrogens with zero attached hydrogens (tertiary/aromatic N) is 4. The highest BCUT2D eigenvalue weighted by Crippen LogP contribution is 2.24. The molecule has 1 N–H and O–H groups in total. The van der Waals surface area contributed by atoms with Crippen molar-refractivity contribution in [2.24, 2.45) is 0 Å². The van der Waals surface area contributed by atoms with Gasteiger partial charge in [0.2, 0.25) is 15.6 Å². The summed E-state index contributed by atoms with van der Waals surface area (Å²) in [5.41, 5.74) is 1.62. The third-order valence-electron chi connectivity index (χ3n) is 4.45. The van der Waals surface area contributed by atoms with Crippen molar-refractivity contribution in [3.63, 3.8) is 0 Å². The van der Waals surface area contributed by atoms with Crippen molar-refractivity contribution in [1.82, 2.24) is 24.7 Å². The quantitative estimate of drug-likeness (QED) is 0.510. The number of carbonyl (C=O) groups is 1. The van der Waals surface area contributed by atoms with E-state index in [1.165, 1.54) is 24.5 Å². The van der Waals surface area contributed by atoms with Gasteiger partial charge in [-0.1, -0.05) is 23.7 Å². The van der Waals surface area contributed by atoms with Crippen LogP contribution in [-0.4, -0.2) is 33.7 Å². The number of sulfone groups is 1. The molecule has 3 aromatic heterocycles. The van der Waals surface area contributed by atoms with Gasteiger partial charge in [0.05, 0.1) is 15.5 Å². The van der Waals surface area contributed by atoms with Gasteiger partial charge in [-0.2, -0.15) is 0 Å². The van der Waals surface area contributed by atoms with Crippen LogP contribution in [0.5, 0.6) is 0 Å². The molecule has 0 saturated carbocycles. The average molecular weight is 442 g/mol. The Bertz CT molecular complexity index is 1350. The van der Waals surface area contributed by atoms with E-state index < -0.39 is 9.84 Å². The van der Waals surface area contributed by atoms with E-state index in [1.54, 1.807) is 48.1 Å². The maximum Gasteiger partial charge on any atom is 0.254 e. The van der Waals surface area contributed by atoms with Crippen molar-refractivity contribution in [3.8, 4) is 0 Å². The number of aromatic nitrogens is 4. The fourth-order valence-electron chi connectivity index (χ4n) is 2.93. The smallest absolute Gasteiger partial charge is 0.254 e. The van der Waals surface area contributed by atoms with E-state index in [-0.39, 0.29) is 22.4 Å². The molecule has 4 aromatic rings. The number of aryl methyl sites for hydroxylation is 1. The molecule has 1 aromatic carbocycles. The molecule has 3 heterocycles. The van der Waals surface area contributed by atoms with Gasteiger partial charge in [0.15, 0.2) is 5.03 Å². The number of halogens is 1. The second-order valence-electron chi connectivity index (χ2n) is 6.58. The first-order chi connectivity index (χ1) is 14.3. The molecule has 152 valence electrons. The summed E-state index contributed by atoms with van der Waals surface area (Å²) >= 11 is 5.86. The molecule has 0 saturated heterocycles. The molecule has 0 aliphatic heterocycles. The average Bonchev–Trinajstić information content (AvgIpc) is 3.20. The highest BCUT2D eigenvalue weighted by Gasteiger charge is 2.21. The summed E-state index contributed by atoms with van der Waals surface area (Å²) in [6.45, 7) is 1.88. The van der Waals surface area contributed by atoms with Crippen LogP contribution in [0.25, 0.3) is 5.78 Å². The van der Waals surface area contributed by atoms with Crippen LogP contribution >= 0.6 is 11.6 Å². The second kappa shape index (κ2) is 7.85. The zero-order chi connectivity index (χ0) is 21.3. The van der Waals surface area contributed by atoms with Crippen LogP contribution in [0.4, 0.5) is 0 Å². The summed E-state index contributed by atoms with van der Waals surface area (Å²) < 4.78 is 27.3. The Morgan fingerprint density at radius 1 is 1.13 bits per heavy atom. The van der Waals surface area contributed by atoms with Gasteiger partial charge < -0.3 is 5.32 Å². The first-order valence-electron chi connectivity index (χ1n) is 8.88. The number of imidazole rings is 1. The molecule has 0 atom stereocenters. The number of pyridine rings is 1. The zero-order valence-corrected chi connectivity index (χ0v) is 17.4. The van der Waals surface area contributed by atoms with E-state index in [2.05, 4.69) is 20.3 Å². The van der Waals surface area contributed by atoms with Crippen LogP contribution in [0.1, 0.15) is 21.5 Å². The molecule has 0 unspecified atom stereocenters. The molecule has 0 aliphatic carbocycles. The Labute approximate surface area is 177 Å². The number of hydrogen-bond acceptors (Lipinski definition) is 6. The first-order valence-corrected chi connectivity index (χ1v) is 10.7. The summed E-state index contributed by atoms with van der Waals surface area (Å²) in [6, 6.07) is 7.84. The third kappa shape index (κ3) is 3.89. The van der Waals surface area contributed by atoms with Gasteiger partial charge in [-0.05, 0) is 36.2 Å². The van der Waals surface area contributed by atoms with Gasteiger partial charge in [0.25, 0.3) is 5.91 Å². The van der Waals surface area contributed by atoms with Crippen molar-refractivity contribution in [3.05, 3.63) is 83.0 Å². The number of benzene rings is 1. The Hall–Kier alpha value is -3.30. The van der Waals surface area contributed by atoms with Gasteiger partial charge in [-0.25, -0.2) is 23.4 Å². The summed E-state index contributed by atoms with van der Waals surface area (Å²) in [4.78, 5) is 24.6. The standard InChI is InChI=1S/C20H16ClN5O3S/c1-13-8-16(21)11-24-19(13)30(28,29)17-4-2-14(3-5-17)9-23-18(27)15-10-25-20-22-6-7-26(20)12-15/h2-8,10-12H,9H2,1H3,(H,23,27). The zero-order valence-electron chi connectivity index (χ0n) is 15.8. The summed E-state index contributed by atoms with van der Waals surface area (Å²) in [5, 5.41) is 3.13. The van der Waals surface area contributed by atoms with E-state index in [9.17, 15) is 13.2 Å². The molecule has 0 aliphatic rings. The molecule has 0 radical (unpaired) electrons. The van der Waals surface area contributed by atoms with Crippen LogP contribution in [0, 0.1) is 6.92 Å². The number of hydrogen-bond donors (Lipinski definition) is 1. The van der Waals surface area contributed by atoms with Crippen LogP contribution in [0.3, 0.4) is 0 Å². The molecule has 0 spiro atoms. The van der Waals surface area contributed by atoms with E-state index in [0.717, 1.165) is 5.56 Å². The lowest BCUT2D eigenvalue weighted by atomic mass is 10.2. The van der Waals surface area contributed by atoms with E-state index in [4.69, 9.17) is 11.6 Å². The summed E-state index contributed by atoms with van der Waals surface area (Å²) in [6.07, 6.45) is 7.70. The fraction of sp³-hybridized carbons (Fsp3) is 0.100. The molecular formula is C20H16ClN5O3S. The molecule has 1 amide bonds. The SMILES string of the molecule is Cc1cc(Cl)cnc1S(=O)(=O)c1ccc(CNC(=O)c2cnc3nccn3c2)cc1. The number of amides is 1. The highest BCUT2D eigenvalue weighted by atomic mass is 35.5. The van der Waals surface area contributed by atoms with Crippen molar-refractivity contribution >= 4 is 33.1 Å². The maximum atomic E-state index is 12.8. The molecule has 0 fully saturated rings. The molecule has 0 bridgehead atoms. The van der Waals surface area contributed by atoms with Crippen molar-refractivity contribution in [2.45, 2.75) is 23.4 Å². The molecule has 30 heavy (non-hydrogen) atoms. The van der Waals surface area contributed by atoms with E-state index in [0.29, 0.717) is 21.9 Å². The third-order valence-corrected chi connectivity index (χ3v) is 6.48. The van der Waals surface area contributed by atoms with E-state index >= 15 is 0 Å². The molecule has 4 rings (SSSR count). The van der Waals surface area contributed by atoms with Crippen LogP contribution < -0.4 is 5.32 Å². The van der Waals surface area contributed by atoms with Crippen molar-refractivity contribution < 1.29 is 13.2 Å². The fourth-order valence-corrected chi connectivity index (χ4v) is 4.53. The minimum Gasteiger partial charge on any atom is -0.348 e. The molecular weight excluding hydrogens is 426 g/mol. The van der Waals surface area contributed by atoms with Gasteiger partial charge in [0.1, 0.15) is 0 Å². The Morgan fingerprint density at radius 3 is 2.63 bits per heavy atom. The lowest BCUT2D eigenvalue weighted by Crippen LogP contribution is -2.23. The largest absolute Gasteiger partial charge is 0.348 e. The lowest BCUT2D eigenvalue weighted by Gasteiger charge is -2.09. The number of nitrogens with one attached hydrogen (secondary N) is 1. The monoisotopic (exact) mass is 441 g/mol. The minimum absolute atomic E-state index is 0.0321. The molecule has 10 heteroatoms. The van der Waals surface area contributed by atoms with Gasteiger partial charge in [0, 0.05) is 37.5 Å². The minimum atomic E-state index is -3.77. The number of rotatable bonds is 5. The van der Waals surface area contributed by atoms with Gasteiger partial charge in [-0.15, -0.1) is 0 Å². The highest BCUT2D eigenvalue weighted by molar-refractivity contribution is 7.91. The predicted octanol–water partition coefficient (Wildman–Crippen LogP) is 2.85. The Kier molecular flexibility index (Phi) is 5.23. The van der Waals surface area contributed by atoms with Crippen LogP contribution in [0.15, 0.2) is 71.2 Å². The predicted molar refractivity (Wildman–Crippen MR) is 110 cm³/mol. The van der Waals surface area contributed by atoms with Gasteiger partial charge in [-0.3, -0.25) is 9.20 Å². The summed E-state index contributed by atoms with van der Waals surface area (Å²) in [7, 11) is -3.77. The van der Waals surface area contributed by atoms with Gasteiger partial charge >= 0.3 is 0 Å². The van der Waals surface area contributed by atoms with Crippen molar-refractivity contribution in [2.75, 3.05) is 0 Å². The Balaban J connectivity index is 1.47. The summed E-state index contributed by atoms with van der Waals surface area (Å²) in [5.74, 6) is 0.213. The van der Waals surface area contributed by atoms with E-state index in [1.807, 2.05) is 0 Å². The van der Waals surface area contributed by atoms with Crippen molar-refractivity contribution in [1.29, 1.82) is 0 Å². The topological polar surface area (TPSA) is 106 Å². The number of carbonyl (C=O) groups excluding carboxylic acids is 1. The van der Waals surface area contributed by atoms with Crippen LogP contribution in [-0.2, 0) is 16.4 Å². The Morgan fingerprint density at radius 2 is 1.90 bits per heavy atom.